The van der Waals surface area contributed by atoms with Crippen LogP contribution in [0.2, 0.25) is 0 Å². The van der Waals surface area contributed by atoms with Gasteiger partial charge in [0.2, 0.25) is 0 Å². The van der Waals surface area contributed by atoms with Crippen LogP contribution in [0.4, 0.5) is 0 Å². The summed E-state index contributed by atoms with van der Waals surface area (Å²) in [6.45, 7) is 2.10. The number of rotatable bonds is 4. The van der Waals surface area contributed by atoms with Gasteiger partial charge in [0.05, 0.1) is 0 Å². The molecule has 0 aromatic carbocycles. The molecular formula is C6H10BrKO. The zero-order valence-electron chi connectivity index (χ0n) is 5.98. The zero-order chi connectivity index (χ0) is 6.41. The van der Waals surface area contributed by atoms with Gasteiger partial charge in [0.15, 0.2) is 0 Å². The normalized spacial score (nSPS) is 11.8. The molecule has 3 heteroatoms. The molecule has 0 aromatic rings. The molecule has 0 fully saturated rings. The molecule has 0 amide bonds. The number of hydrogen-bond donors (Lipinski definition) is 0. The Labute approximate surface area is 108 Å². The molecule has 1 nitrogen and oxygen atoms in total. The molecule has 1 atom stereocenters. The second-order valence-corrected chi connectivity index (χ2v) is 2.83. The summed E-state index contributed by atoms with van der Waals surface area (Å²) in [5.41, 5.74) is 0. The van der Waals surface area contributed by atoms with Crippen LogP contribution < -0.4 is 51.4 Å². The summed E-state index contributed by atoms with van der Waals surface area (Å²) in [5, 5.41) is 0. The molecule has 0 N–H and O–H groups in total. The van der Waals surface area contributed by atoms with E-state index in [-0.39, 0.29) is 56.2 Å². The number of halogens is 1. The molecule has 9 heavy (non-hydrogen) atoms. The minimum absolute atomic E-state index is 0. The Morgan fingerprint density at radius 1 is 1.67 bits per heavy atom. The molecule has 0 saturated carbocycles. The van der Waals surface area contributed by atoms with Crippen molar-refractivity contribution < 1.29 is 56.2 Å². The van der Waals surface area contributed by atoms with Gasteiger partial charge in [-0.2, -0.15) is 0 Å². The van der Waals surface area contributed by atoms with E-state index in [0.717, 1.165) is 19.3 Å². The number of hydrogen-bond acceptors (Lipinski definition) is 1. The van der Waals surface area contributed by atoms with Crippen molar-refractivity contribution in [1.29, 1.82) is 0 Å². The van der Waals surface area contributed by atoms with E-state index in [9.17, 15) is 4.79 Å². The Kier molecular flexibility index (Phi) is 14.6. The van der Waals surface area contributed by atoms with Gasteiger partial charge in [-0.05, 0) is 0 Å². The maximum Gasteiger partial charge on any atom is 1.00 e. The van der Waals surface area contributed by atoms with Crippen molar-refractivity contribution in [2.24, 2.45) is 0 Å². The van der Waals surface area contributed by atoms with Crippen molar-refractivity contribution in [1.82, 2.24) is 0 Å². The quantitative estimate of drug-likeness (QED) is 0.337. The third-order valence-electron chi connectivity index (χ3n) is 0.939. The molecule has 0 radical (unpaired) electrons. The molecular weight excluding hydrogens is 207 g/mol. The molecule has 1 unspecified atom stereocenters. The van der Waals surface area contributed by atoms with Gasteiger partial charge in [-0.25, -0.2) is 0 Å². The van der Waals surface area contributed by atoms with Crippen LogP contribution >= 0.6 is 15.9 Å². The van der Waals surface area contributed by atoms with E-state index in [0.29, 0.717) is 0 Å². The van der Waals surface area contributed by atoms with E-state index in [1.165, 1.54) is 0 Å². The number of carbonyl (C=O) groups excluding carboxylic acids is 1. The first kappa shape index (κ1) is 13.4. The van der Waals surface area contributed by atoms with Crippen LogP contribution in [0.5, 0.6) is 0 Å². The largest absolute Gasteiger partial charge is 1.00 e. The second-order valence-electron chi connectivity index (χ2n) is 1.73. The molecule has 0 rings (SSSR count). The van der Waals surface area contributed by atoms with Crippen molar-refractivity contribution in [2.75, 3.05) is 0 Å². The molecule has 0 aromatic heterocycles. The van der Waals surface area contributed by atoms with E-state index >= 15 is 0 Å². The fraction of sp³-hybridized carbons (Fsp3) is 0.833. The first-order valence-corrected chi connectivity index (χ1v) is 3.74. The van der Waals surface area contributed by atoms with Gasteiger partial charge in [0, 0.05) is 0 Å². The third kappa shape index (κ3) is 9.79. The SMILES string of the molecule is CCCCC(Br)[C-]=O.[K+]. The summed E-state index contributed by atoms with van der Waals surface area (Å²) in [4.78, 5) is 9.80. The maximum absolute atomic E-state index is 9.84. The minimum Gasteiger partial charge on any atom is -0.541 e. The van der Waals surface area contributed by atoms with Crippen LogP contribution in [0, 0.1) is 0 Å². The van der Waals surface area contributed by atoms with Crippen molar-refractivity contribution >= 4 is 22.2 Å². The smallest absolute Gasteiger partial charge is 0.541 e. The van der Waals surface area contributed by atoms with E-state index in [2.05, 4.69) is 22.9 Å². The summed E-state index contributed by atoms with van der Waals surface area (Å²) in [7, 11) is 0. The van der Waals surface area contributed by atoms with E-state index in [4.69, 9.17) is 0 Å². The van der Waals surface area contributed by atoms with E-state index < -0.39 is 0 Å². The standard InChI is InChI=1S/C6H10BrO.K/c1-2-3-4-6(7)5-8;/h6H,2-4H2,1H3;/q-1;+1. The Bertz CT molecular complexity index is 68.1. The molecule has 0 aliphatic carbocycles. The number of alkyl halides is 1. The van der Waals surface area contributed by atoms with Crippen LogP contribution in [-0.2, 0) is 4.79 Å². The fourth-order valence-corrected chi connectivity index (χ4v) is 0.766. The van der Waals surface area contributed by atoms with Crippen molar-refractivity contribution in [3.8, 4) is 0 Å². The predicted octanol–water partition coefficient (Wildman–Crippen LogP) is -0.946. The van der Waals surface area contributed by atoms with Crippen LogP contribution in [0.3, 0.4) is 0 Å². The van der Waals surface area contributed by atoms with Crippen molar-refractivity contribution in [2.45, 2.75) is 31.0 Å². The van der Waals surface area contributed by atoms with Crippen LogP contribution in [-0.4, -0.2) is 11.1 Å². The number of unbranched alkanes of at least 4 members (excludes halogenated alkanes) is 1. The van der Waals surface area contributed by atoms with Crippen molar-refractivity contribution in [3.05, 3.63) is 0 Å². The fourth-order valence-electron chi connectivity index (χ4n) is 0.442. The third-order valence-corrected chi connectivity index (χ3v) is 1.58. The van der Waals surface area contributed by atoms with Gasteiger partial charge >= 0.3 is 51.4 Å². The first-order valence-electron chi connectivity index (χ1n) is 2.83. The summed E-state index contributed by atoms with van der Waals surface area (Å²) in [5.74, 6) is 0. The van der Waals surface area contributed by atoms with E-state index in [1.54, 1.807) is 0 Å². The molecule has 0 aliphatic rings. The predicted molar refractivity (Wildman–Crippen MR) is 37.9 cm³/mol. The van der Waals surface area contributed by atoms with Gasteiger partial charge < -0.3 is 4.79 Å². The zero-order valence-corrected chi connectivity index (χ0v) is 10.7. The van der Waals surface area contributed by atoms with Crippen LogP contribution in [0.1, 0.15) is 26.2 Å². The summed E-state index contributed by atoms with van der Waals surface area (Å²) >= 11 is 3.15. The van der Waals surface area contributed by atoms with Gasteiger partial charge in [0.25, 0.3) is 0 Å². The molecule has 0 aliphatic heterocycles. The Balaban J connectivity index is 0. The first-order chi connectivity index (χ1) is 3.81. The summed E-state index contributed by atoms with van der Waals surface area (Å²) in [6, 6.07) is 0. The van der Waals surface area contributed by atoms with Gasteiger partial charge in [-0.3, -0.25) is 6.29 Å². The molecule has 0 saturated heterocycles. The molecule has 0 bridgehead atoms. The van der Waals surface area contributed by atoms with Crippen LogP contribution in [0.25, 0.3) is 0 Å². The van der Waals surface area contributed by atoms with Crippen LogP contribution in [0.15, 0.2) is 0 Å². The van der Waals surface area contributed by atoms with E-state index in [1.807, 2.05) is 6.29 Å². The maximum atomic E-state index is 9.84. The molecule has 0 heterocycles. The second kappa shape index (κ2) is 9.79. The summed E-state index contributed by atoms with van der Waals surface area (Å²) in [6.07, 6.45) is 5.03. The minimum atomic E-state index is -0.0394. The Hall–Kier alpha value is 1.79. The molecule has 48 valence electrons. The topological polar surface area (TPSA) is 17.1 Å². The monoisotopic (exact) mass is 216 g/mol. The summed E-state index contributed by atoms with van der Waals surface area (Å²) < 4.78 is 0. The van der Waals surface area contributed by atoms with Crippen molar-refractivity contribution in [3.63, 3.8) is 0 Å². The average molecular weight is 217 g/mol. The van der Waals surface area contributed by atoms with Gasteiger partial charge in [0.1, 0.15) is 0 Å². The Morgan fingerprint density at radius 2 is 2.22 bits per heavy atom. The Morgan fingerprint density at radius 3 is 2.56 bits per heavy atom. The average Bonchev–Trinajstić information content (AvgIpc) is 1.83. The molecule has 0 spiro atoms. The van der Waals surface area contributed by atoms with Gasteiger partial charge in [-0.15, -0.1) is 15.9 Å². The van der Waals surface area contributed by atoms with Gasteiger partial charge in [-0.1, -0.05) is 31.0 Å².